The van der Waals surface area contributed by atoms with Crippen LogP contribution in [-0.2, 0) is 16.0 Å². The van der Waals surface area contributed by atoms with Gasteiger partial charge in [-0.05, 0) is 64.9 Å². The number of fused-ring (bicyclic) bond motifs is 1. The van der Waals surface area contributed by atoms with E-state index in [1.54, 1.807) is 17.2 Å². The number of likely N-dealkylation sites (N-methyl/N-ethyl adjacent to an activating group) is 1. The lowest BCUT2D eigenvalue weighted by atomic mass is 10.1. The maximum atomic E-state index is 12.8. The monoisotopic (exact) mass is 519 g/mol. The quantitative estimate of drug-likeness (QED) is 0.212. The predicted octanol–water partition coefficient (Wildman–Crippen LogP) is 2.69. The van der Waals surface area contributed by atoms with Gasteiger partial charge < -0.3 is 25.8 Å². The molecule has 1 aliphatic rings. The van der Waals surface area contributed by atoms with Crippen LogP contribution in [-0.4, -0.2) is 88.1 Å². The first-order valence-corrected chi connectivity index (χ1v) is 13.1. The number of benzene rings is 1. The van der Waals surface area contributed by atoms with E-state index in [2.05, 4.69) is 36.1 Å². The maximum absolute atomic E-state index is 12.8. The molecule has 2 aromatic heterocycles. The van der Waals surface area contributed by atoms with Crippen LogP contribution >= 0.6 is 0 Å². The third kappa shape index (κ3) is 7.06. The van der Waals surface area contributed by atoms with Crippen molar-refractivity contribution < 1.29 is 9.59 Å². The summed E-state index contributed by atoms with van der Waals surface area (Å²) in [5.41, 5.74) is 2.79. The Kier molecular flexibility index (Phi) is 9.26. The number of nitrogens with one attached hydrogen (secondary N) is 4. The number of H-pyrrole nitrogens is 1. The third-order valence-electron chi connectivity index (χ3n) is 6.40. The van der Waals surface area contributed by atoms with E-state index < -0.39 is 6.04 Å². The largest absolute Gasteiger partial charge is 0.370 e. The van der Waals surface area contributed by atoms with Crippen LogP contribution in [0, 0.1) is 0 Å². The second kappa shape index (κ2) is 13.0. The summed E-state index contributed by atoms with van der Waals surface area (Å²) in [7, 11) is 3.89. The Balaban J connectivity index is 1.29. The van der Waals surface area contributed by atoms with Gasteiger partial charge in [-0.1, -0.05) is 6.08 Å². The molecule has 1 atom stereocenters. The SMILES string of the molecule is CCNc1nc(Nc2ccc3cn[nH]c3c2)ncc1CCCNC(=O)[C@@H]1CCCN1C(=O)/C=C/CN(C)C. The minimum Gasteiger partial charge on any atom is -0.370 e. The van der Waals surface area contributed by atoms with Crippen LogP contribution in [0.25, 0.3) is 10.9 Å². The summed E-state index contributed by atoms with van der Waals surface area (Å²) in [6, 6.07) is 5.51. The molecule has 2 amide bonds. The summed E-state index contributed by atoms with van der Waals surface area (Å²) in [6.07, 6.45) is 9.99. The van der Waals surface area contributed by atoms with Crippen LogP contribution in [0.5, 0.6) is 0 Å². The zero-order chi connectivity index (χ0) is 26.9. The molecule has 4 N–H and O–H groups in total. The highest BCUT2D eigenvalue weighted by atomic mass is 16.2. The normalized spacial score (nSPS) is 15.5. The molecule has 0 radical (unpaired) electrons. The number of rotatable bonds is 12. The predicted molar refractivity (Wildman–Crippen MR) is 149 cm³/mol. The van der Waals surface area contributed by atoms with Gasteiger partial charge in [-0.2, -0.15) is 10.1 Å². The number of aromatic nitrogens is 4. The summed E-state index contributed by atoms with van der Waals surface area (Å²) >= 11 is 0. The summed E-state index contributed by atoms with van der Waals surface area (Å²) in [5, 5.41) is 17.6. The molecule has 0 aliphatic carbocycles. The highest BCUT2D eigenvalue weighted by molar-refractivity contribution is 5.93. The molecule has 1 saturated heterocycles. The minimum atomic E-state index is -0.404. The van der Waals surface area contributed by atoms with Crippen LogP contribution in [0.1, 0.15) is 31.7 Å². The second-order valence-electron chi connectivity index (χ2n) is 9.64. The van der Waals surface area contributed by atoms with E-state index >= 15 is 0 Å². The lowest BCUT2D eigenvalue weighted by Crippen LogP contribution is -2.45. The molecule has 1 aromatic carbocycles. The number of carbonyl (C=O) groups excluding carboxylic acids is 2. The Bertz CT molecular complexity index is 1270. The summed E-state index contributed by atoms with van der Waals surface area (Å²) < 4.78 is 0. The summed E-state index contributed by atoms with van der Waals surface area (Å²) in [6.45, 7) is 4.57. The van der Waals surface area contributed by atoms with Gasteiger partial charge in [0, 0.05) is 55.1 Å². The Morgan fingerprint density at radius 1 is 1.26 bits per heavy atom. The number of hydrogen-bond donors (Lipinski definition) is 4. The van der Waals surface area contributed by atoms with Gasteiger partial charge in [-0.15, -0.1) is 0 Å². The van der Waals surface area contributed by atoms with Gasteiger partial charge in [-0.25, -0.2) is 4.98 Å². The molecule has 0 saturated carbocycles. The molecule has 3 heterocycles. The fourth-order valence-corrected chi connectivity index (χ4v) is 4.49. The molecule has 3 aromatic rings. The fourth-order valence-electron chi connectivity index (χ4n) is 4.49. The average molecular weight is 520 g/mol. The van der Waals surface area contributed by atoms with E-state index in [1.165, 1.54) is 0 Å². The zero-order valence-electron chi connectivity index (χ0n) is 22.3. The van der Waals surface area contributed by atoms with Gasteiger partial charge in [0.05, 0.1) is 11.7 Å². The maximum Gasteiger partial charge on any atom is 0.246 e. The van der Waals surface area contributed by atoms with E-state index in [0.29, 0.717) is 38.4 Å². The van der Waals surface area contributed by atoms with Crippen molar-refractivity contribution in [2.75, 3.05) is 50.9 Å². The van der Waals surface area contributed by atoms with Gasteiger partial charge in [0.1, 0.15) is 11.9 Å². The molecule has 0 spiro atoms. The van der Waals surface area contributed by atoms with Crippen LogP contribution < -0.4 is 16.0 Å². The molecular formula is C27H37N9O2. The fraction of sp³-hybridized carbons (Fsp3) is 0.444. The minimum absolute atomic E-state index is 0.0891. The van der Waals surface area contributed by atoms with E-state index in [1.807, 2.05) is 56.4 Å². The van der Waals surface area contributed by atoms with Crippen molar-refractivity contribution in [1.82, 2.24) is 35.3 Å². The Hall–Kier alpha value is -3.99. The molecule has 11 nitrogen and oxygen atoms in total. The molecule has 4 rings (SSSR count). The van der Waals surface area contributed by atoms with Crippen LogP contribution in [0.15, 0.2) is 42.7 Å². The van der Waals surface area contributed by atoms with Crippen molar-refractivity contribution in [3.05, 3.63) is 48.3 Å². The number of carbonyl (C=O) groups is 2. The number of nitrogens with zero attached hydrogens (tertiary/aromatic N) is 5. The lowest BCUT2D eigenvalue weighted by molar-refractivity contribution is -0.135. The zero-order valence-corrected chi connectivity index (χ0v) is 22.3. The summed E-state index contributed by atoms with van der Waals surface area (Å²) in [5.74, 6) is 1.09. The molecule has 38 heavy (non-hydrogen) atoms. The first kappa shape index (κ1) is 27.1. The number of aromatic amines is 1. The van der Waals surface area contributed by atoms with E-state index in [0.717, 1.165) is 47.4 Å². The first-order chi connectivity index (χ1) is 18.4. The molecule has 1 fully saturated rings. The number of aryl methyl sites for hydroxylation is 1. The molecule has 0 bridgehead atoms. The molecule has 0 unspecified atom stereocenters. The van der Waals surface area contributed by atoms with Gasteiger partial charge in [0.2, 0.25) is 17.8 Å². The average Bonchev–Trinajstić information content (AvgIpc) is 3.57. The topological polar surface area (TPSA) is 131 Å². The molecule has 1 aliphatic heterocycles. The molecular weight excluding hydrogens is 482 g/mol. The molecule has 202 valence electrons. The number of amides is 2. The Morgan fingerprint density at radius 2 is 2.13 bits per heavy atom. The van der Waals surface area contributed by atoms with Crippen LogP contribution in [0.4, 0.5) is 17.5 Å². The van der Waals surface area contributed by atoms with E-state index in [4.69, 9.17) is 0 Å². The van der Waals surface area contributed by atoms with Crippen molar-refractivity contribution in [2.24, 2.45) is 0 Å². The van der Waals surface area contributed by atoms with Crippen molar-refractivity contribution in [2.45, 2.75) is 38.6 Å². The van der Waals surface area contributed by atoms with Crippen LogP contribution in [0.2, 0.25) is 0 Å². The van der Waals surface area contributed by atoms with Crippen molar-refractivity contribution in [3.8, 4) is 0 Å². The number of anilines is 3. The van der Waals surface area contributed by atoms with Gasteiger partial charge in [0.15, 0.2) is 0 Å². The lowest BCUT2D eigenvalue weighted by Gasteiger charge is -2.22. The van der Waals surface area contributed by atoms with Crippen molar-refractivity contribution in [1.29, 1.82) is 0 Å². The number of likely N-dealkylation sites (tertiary alicyclic amines) is 1. The van der Waals surface area contributed by atoms with Gasteiger partial charge >= 0.3 is 0 Å². The van der Waals surface area contributed by atoms with Gasteiger partial charge in [-0.3, -0.25) is 14.7 Å². The van der Waals surface area contributed by atoms with E-state index in [9.17, 15) is 9.59 Å². The van der Waals surface area contributed by atoms with Crippen molar-refractivity contribution in [3.63, 3.8) is 0 Å². The van der Waals surface area contributed by atoms with E-state index in [-0.39, 0.29) is 11.8 Å². The van der Waals surface area contributed by atoms with Crippen molar-refractivity contribution >= 4 is 40.2 Å². The standard InChI is InChI=1S/C27H37N9O2/c1-4-28-25-20(17-30-27(33-25)32-21-12-11-19-18-31-34-22(19)16-21)8-5-13-29-26(38)23-9-6-15-36(23)24(37)10-7-14-35(2)3/h7,10-12,16-18,23H,4-6,8-9,13-15H2,1-3H3,(H,29,38)(H,31,34)(H2,28,30,32,33)/b10-7+/t23-/m0/s1. The second-order valence-corrected chi connectivity index (χ2v) is 9.64. The Labute approximate surface area is 223 Å². The number of hydrogen-bond acceptors (Lipinski definition) is 8. The smallest absolute Gasteiger partial charge is 0.246 e. The highest BCUT2D eigenvalue weighted by Gasteiger charge is 2.32. The first-order valence-electron chi connectivity index (χ1n) is 13.1. The van der Waals surface area contributed by atoms with Gasteiger partial charge in [0.25, 0.3) is 0 Å². The highest BCUT2D eigenvalue weighted by Crippen LogP contribution is 2.22. The summed E-state index contributed by atoms with van der Waals surface area (Å²) in [4.78, 5) is 38.2. The molecule has 11 heteroatoms. The third-order valence-corrected chi connectivity index (χ3v) is 6.40. The Morgan fingerprint density at radius 3 is 2.95 bits per heavy atom. The van der Waals surface area contributed by atoms with Crippen LogP contribution in [0.3, 0.4) is 0 Å².